The fourth-order valence-corrected chi connectivity index (χ4v) is 4.57. The zero-order valence-electron chi connectivity index (χ0n) is 17.1. The third kappa shape index (κ3) is 6.92. The van der Waals surface area contributed by atoms with Gasteiger partial charge in [0.25, 0.3) is 0 Å². The van der Waals surface area contributed by atoms with Gasteiger partial charge in [-0.05, 0) is 5.56 Å². The highest BCUT2D eigenvalue weighted by atomic mass is 31.1. The normalized spacial score (nSPS) is 11.5. The first-order valence-electron chi connectivity index (χ1n) is 9.75. The van der Waals surface area contributed by atoms with E-state index in [0.29, 0.717) is 0 Å². The Morgan fingerprint density at radius 3 is 1.87 bits per heavy atom. The number of esters is 1. The first-order chi connectivity index (χ1) is 15.2. The van der Waals surface area contributed by atoms with Gasteiger partial charge in [0.2, 0.25) is 0 Å². The van der Waals surface area contributed by atoms with Crippen LogP contribution in [0.2, 0.25) is 0 Å². The highest BCUT2D eigenvalue weighted by molar-refractivity contribution is 7.68. The molecule has 31 heavy (non-hydrogen) atoms. The van der Waals surface area contributed by atoms with Crippen molar-refractivity contribution in [1.29, 1.82) is 0 Å². The maximum atomic E-state index is 12.2. The van der Waals surface area contributed by atoms with Crippen molar-refractivity contribution < 1.29 is 23.6 Å². The van der Waals surface area contributed by atoms with Crippen molar-refractivity contribution in [2.45, 2.75) is 12.6 Å². The standard InChI is InChI=1S/C24H24NO5P/c1-28-23(26)22(25-24(27)29-17-19-11-5-2-6-12-19)18-30-31(20-13-7-3-8-14-20)21-15-9-4-10-16-21/h2-16,22H,17-18H2,1H3,(H,25,27)/t22-/m0/s1. The second-order valence-corrected chi connectivity index (χ2v) is 8.42. The van der Waals surface area contributed by atoms with Crippen LogP contribution in [0.1, 0.15) is 5.56 Å². The number of rotatable bonds is 9. The van der Waals surface area contributed by atoms with Crippen molar-refractivity contribution in [2.75, 3.05) is 13.7 Å². The monoisotopic (exact) mass is 437 g/mol. The van der Waals surface area contributed by atoms with Gasteiger partial charge in [0.05, 0.1) is 21.9 Å². The van der Waals surface area contributed by atoms with Crippen molar-refractivity contribution in [1.82, 2.24) is 5.32 Å². The predicted octanol–water partition coefficient (Wildman–Crippen LogP) is 3.52. The van der Waals surface area contributed by atoms with E-state index in [4.69, 9.17) is 14.0 Å². The molecular weight excluding hydrogens is 413 g/mol. The predicted molar refractivity (Wildman–Crippen MR) is 121 cm³/mol. The summed E-state index contributed by atoms with van der Waals surface area (Å²) in [7, 11) is 0.0853. The fraction of sp³-hybridized carbons (Fsp3) is 0.167. The minimum Gasteiger partial charge on any atom is -0.467 e. The minimum atomic E-state index is -1.18. The van der Waals surface area contributed by atoms with E-state index in [-0.39, 0.29) is 13.2 Å². The summed E-state index contributed by atoms with van der Waals surface area (Å²) in [5.41, 5.74) is 0.847. The molecule has 3 aromatic rings. The number of carbonyl (C=O) groups is 2. The lowest BCUT2D eigenvalue weighted by molar-refractivity contribution is -0.143. The molecule has 6 nitrogen and oxygen atoms in total. The van der Waals surface area contributed by atoms with Crippen LogP contribution >= 0.6 is 8.15 Å². The van der Waals surface area contributed by atoms with Crippen molar-refractivity contribution >= 4 is 30.8 Å². The highest BCUT2D eigenvalue weighted by Gasteiger charge is 2.25. The molecule has 3 aromatic carbocycles. The van der Waals surface area contributed by atoms with Crippen LogP contribution < -0.4 is 15.9 Å². The van der Waals surface area contributed by atoms with Gasteiger partial charge in [0.15, 0.2) is 6.04 Å². The summed E-state index contributed by atoms with van der Waals surface area (Å²) in [5.74, 6) is -0.604. The zero-order valence-corrected chi connectivity index (χ0v) is 18.0. The molecule has 0 bridgehead atoms. The number of hydrogen-bond donors (Lipinski definition) is 1. The average Bonchev–Trinajstić information content (AvgIpc) is 2.83. The SMILES string of the molecule is COC(=O)[C@H](COP(c1ccccc1)c1ccccc1)NC(=O)OCc1ccccc1. The van der Waals surface area contributed by atoms with Gasteiger partial charge >= 0.3 is 12.1 Å². The molecule has 0 aliphatic carbocycles. The number of ether oxygens (including phenoxy) is 2. The maximum Gasteiger partial charge on any atom is 0.408 e. The van der Waals surface area contributed by atoms with Crippen molar-refractivity contribution in [3.05, 3.63) is 96.6 Å². The summed E-state index contributed by atoms with van der Waals surface area (Å²) in [6.07, 6.45) is -0.716. The first kappa shape index (κ1) is 22.5. The molecule has 0 saturated heterocycles. The fourth-order valence-electron chi connectivity index (χ4n) is 2.79. The number of hydrogen-bond acceptors (Lipinski definition) is 5. The Bertz CT molecular complexity index is 914. The molecule has 1 N–H and O–H groups in total. The summed E-state index contributed by atoms with van der Waals surface area (Å²) < 4.78 is 16.2. The molecule has 0 fully saturated rings. The third-order valence-corrected chi connectivity index (χ3v) is 6.28. The van der Waals surface area contributed by atoms with E-state index < -0.39 is 26.3 Å². The van der Waals surface area contributed by atoms with Crippen LogP contribution in [0.25, 0.3) is 0 Å². The van der Waals surface area contributed by atoms with E-state index in [0.717, 1.165) is 16.2 Å². The van der Waals surface area contributed by atoms with Crippen LogP contribution in [0, 0.1) is 0 Å². The molecule has 0 aromatic heterocycles. The molecule has 0 saturated carbocycles. The number of benzene rings is 3. The average molecular weight is 437 g/mol. The molecule has 7 heteroatoms. The summed E-state index contributed by atoms with van der Waals surface area (Å²) in [4.78, 5) is 24.5. The molecule has 0 aliphatic rings. The van der Waals surface area contributed by atoms with Gasteiger partial charge in [0.1, 0.15) is 6.61 Å². The zero-order chi connectivity index (χ0) is 21.9. The largest absolute Gasteiger partial charge is 0.467 e. The van der Waals surface area contributed by atoms with E-state index in [1.54, 1.807) is 0 Å². The highest BCUT2D eigenvalue weighted by Crippen LogP contribution is 2.34. The molecule has 1 amide bonds. The number of alkyl carbamates (subject to hydrolysis) is 1. The van der Waals surface area contributed by atoms with Gasteiger partial charge in [-0.25, -0.2) is 9.59 Å². The Balaban J connectivity index is 1.66. The maximum absolute atomic E-state index is 12.2. The van der Waals surface area contributed by atoms with E-state index in [2.05, 4.69) is 5.32 Å². The van der Waals surface area contributed by atoms with Gasteiger partial charge in [0, 0.05) is 10.6 Å². The van der Waals surface area contributed by atoms with Crippen LogP contribution in [-0.2, 0) is 25.4 Å². The van der Waals surface area contributed by atoms with E-state index >= 15 is 0 Å². The second kappa shape index (κ2) is 11.8. The number of methoxy groups -OCH3 is 1. The number of carbonyl (C=O) groups excluding carboxylic acids is 2. The second-order valence-electron chi connectivity index (χ2n) is 6.54. The topological polar surface area (TPSA) is 73.9 Å². The number of nitrogens with one attached hydrogen (secondary N) is 1. The summed E-state index contributed by atoms with van der Waals surface area (Å²) in [6.45, 7) is 0.0464. The summed E-state index contributed by atoms with van der Waals surface area (Å²) >= 11 is 0. The van der Waals surface area contributed by atoms with Gasteiger partial charge < -0.3 is 19.3 Å². The molecule has 0 heterocycles. The molecule has 3 rings (SSSR count). The molecule has 1 atom stereocenters. The van der Waals surface area contributed by atoms with Crippen LogP contribution in [0.5, 0.6) is 0 Å². The van der Waals surface area contributed by atoms with Gasteiger partial charge in [-0.1, -0.05) is 91.0 Å². The Hall–Kier alpha value is -3.21. The van der Waals surface area contributed by atoms with Crippen LogP contribution in [0.3, 0.4) is 0 Å². The van der Waals surface area contributed by atoms with Crippen molar-refractivity contribution in [3.63, 3.8) is 0 Å². The minimum absolute atomic E-state index is 0.0530. The lowest BCUT2D eigenvalue weighted by Crippen LogP contribution is -2.45. The van der Waals surface area contributed by atoms with Crippen LogP contribution in [-0.4, -0.2) is 31.8 Å². The lowest BCUT2D eigenvalue weighted by Gasteiger charge is -2.22. The molecule has 0 aliphatic heterocycles. The summed E-state index contributed by atoms with van der Waals surface area (Å²) in [5, 5.41) is 4.54. The van der Waals surface area contributed by atoms with Crippen LogP contribution in [0.4, 0.5) is 4.79 Å². The van der Waals surface area contributed by atoms with Crippen molar-refractivity contribution in [2.24, 2.45) is 0 Å². The van der Waals surface area contributed by atoms with E-state index in [9.17, 15) is 9.59 Å². The van der Waals surface area contributed by atoms with Gasteiger partial charge in [-0.2, -0.15) is 0 Å². The smallest absolute Gasteiger partial charge is 0.408 e. The quantitative estimate of drug-likeness (QED) is 0.410. The van der Waals surface area contributed by atoms with E-state index in [1.165, 1.54) is 7.11 Å². The molecule has 0 unspecified atom stereocenters. The molecule has 160 valence electrons. The van der Waals surface area contributed by atoms with Crippen molar-refractivity contribution in [3.8, 4) is 0 Å². The first-order valence-corrected chi connectivity index (χ1v) is 11.0. The Kier molecular flexibility index (Phi) is 8.59. The molecule has 0 radical (unpaired) electrons. The Labute approximate surface area is 183 Å². The van der Waals surface area contributed by atoms with Gasteiger partial charge in [-0.15, -0.1) is 0 Å². The molecule has 0 spiro atoms. The Morgan fingerprint density at radius 1 is 0.839 bits per heavy atom. The molecular formula is C24H24NO5P. The Morgan fingerprint density at radius 2 is 1.35 bits per heavy atom. The van der Waals surface area contributed by atoms with Crippen LogP contribution in [0.15, 0.2) is 91.0 Å². The lowest BCUT2D eigenvalue weighted by atomic mass is 10.2. The number of amides is 1. The summed E-state index contributed by atoms with van der Waals surface area (Å²) in [6, 6.07) is 27.8. The third-order valence-electron chi connectivity index (χ3n) is 4.34. The van der Waals surface area contributed by atoms with E-state index in [1.807, 2.05) is 91.0 Å². The van der Waals surface area contributed by atoms with Gasteiger partial charge in [-0.3, -0.25) is 0 Å².